The van der Waals surface area contributed by atoms with Crippen LogP contribution < -0.4 is 5.32 Å². The summed E-state index contributed by atoms with van der Waals surface area (Å²) in [6.07, 6.45) is 4.38. The lowest BCUT2D eigenvalue weighted by atomic mass is 10.0. The average molecular weight is 297 g/mol. The number of hydrogen-bond donors (Lipinski definition) is 1. The van der Waals surface area contributed by atoms with Gasteiger partial charge in [-0.3, -0.25) is 0 Å². The van der Waals surface area contributed by atoms with E-state index < -0.39 is 0 Å². The summed E-state index contributed by atoms with van der Waals surface area (Å²) in [5.41, 5.74) is -0.294. The van der Waals surface area contributed by atoms with Crippen molar-refractivity contribution in [3.8, 4) is 0 Å². The molecular weight excluding hydrogens is 274 g/mol. The highest BCUT2D eigenvalue weighted by molar-refractivity contribution is 7.99. The second kappa shape index (κ2) is 6.03. The first kappa shape index (κ1) is 14.4. The highest BCUT2D eigenvalue weighted by Gasteiger charge is 2.42. The van der Waals surface area contributed by atoms with E-state index in [1.807, 2.05) is 25.7 Å². The Morgan fingerprint density at radius 2 is 2.20 bits per heavy atom. The summed E-state index contributed by atoms with van der Waals surface area (Å²) < 4.78 is 11.6. The smallest absolute Gasteiger partial charge is 0.232 e. The lowest BCUT2D eigenvalue weighted by Crippen LogP contribution is -2.31. The minimum Gasteiger partial charge on any atom is -0.367 e. The minimum atomic E-state index is -0.294. The molecule has 2 fully saturated rings. The maximum absolute atomic E-state index is 6.00. The second-order valence-corrected chi connectivity index (χ2v) is 6.70. The number of aromatic nitrogens is 2. The first-order chi connectivity index (χ1) is 9.79. The van der Waals surface area contributed by atoms with Crippen LogP contribution in [0, 0.1) is 0 Å². The highest BCUT2D eigenvalue weighted by atomic mass is 32.2. The minimum absolute atomic E-state index is 0.294. The molecular formula is C14H23N3O2S. The van der Waals surface area contributed by atoms with Gasteiger partial charge in [0.1, 0.15) is 5.60 Å². The molecule has 2 heterocycles. The molecule has 5 nitrogen and oxygen atoms in total. The zero-order valence-corrected chi connectivity index (χ0v) is 13.0. The SMILES string of the molecule is CCOC1(c2noc(C3CSCC3NC)n2)CCCC1. The molecule has 1 saturated heterocycles. The zero-order chi connectivity index (χ0) is 14.0. The number of nitrogens with one attached hydrogen (secondary N) is 1. The Balaban J connectivity index is 1.82. The van der Waals surface area contributed by atoms with Crippen molar-refractivity contribution < 1.29 is 9.26 Å². The van der Waals surface area contributed by atoms with Crippen molar-refractivity contribution in [1.82, 2.24) is 15.5 Å². The molecule has 20 heavy (non-hydrogen) atoms. The zero-order valence-electron chi connectivity index (χ0n) is 12.2. The normalized spacial score (nSPS) is 29.1. The van der Waals surface area contributed by atoms with Gasteiger partial charge >= 0.3 is 0 Å². The Kier molecular flexibility index (Phi) is 4.33. The lowest BCUT2D eigenvalue weighted by molar-refractivity contribution is -0.0469. The van der Waals surface area contributed by atoms with Crippen molar-refractivity contribution in [3.63, 3.8) is 0 Å². The number of hydrogen-bond acceptors (Lipinski definition) is 6. The summed E-state index contributed by atoms with van der Waals surface area (Å²) in [7, 11) is 2.00. The van der Waals surface area contributed by atoms with Crippen molar-refractivity contribution in [1.29, 1.82) is 0 Å². The van der Waals surface area contributed by atoms with Crippen molar-refractivity contribution in [2.45, 2.75) is 50.2 Å². The molecule has 112 valence electrons. The molecule has 1 aromatic rings. The van der Waals surface area contributed by atoms with Gasteiger partial charge < -0.3 is 14.6 Å². The van der Waals surface area contributed by atoms with E-state index in [2.05, 4.69) is 10.5 Å². The number of thioether (sulfide) groups is 1. The monoisotopic (exact) mass is 297 g/mol. The summed E-state index contributed by atoms with van der Waals surface area (Å²) >= 11 is 1.94. The fraction of sp³-hybridized carbons (Fsp3) is 0.857. The van der Waals surface area contributed by atoms with Crippen molar-refractivity contribution >= 4 is 11.8 Å². The molecule has 0 spiro atoms. The average Bonchev–Trinajstić information content (AvgIpc) is 3.18. The van der Waals surface area contributed by atoms with Crippen LogP contribution in [0.15, 0.2) is 4.52 Å². The predicted octanol–water partition coefficient (Wildman–Crippen LogP) is 2.29. The molecule has 0 amide bonds. The van der Waals surface area contributed by atoms with Crippen molar-refractivity contribution in [2.24, 2.45) is 0 Å². The van der Waals surface area contributed by atoms with E-state index in [1.165, 1.54) is 12.8 Å². The lowest BCUT2D eigenvalue weighted by Gasteiger charge is -2.24. The molecule has 2 atom stereocenters. The molecule has 6 heteroatoms. The number of rotatable bonds is 5. The van der Waals surface area contributed by atoms with Gasteiger partial charge in [-0.1, -0.05) is 5.16 Å². The van der Waals surface area contributed by atoms with Crippen LogP contribution >= 0.6 is 11.8 Å². The van der Waals surface area contributed by atoms with Crippen LogP contribution in [0.4, 0.5) is 0 Å². The van der Waals surface area contributed by atoms with Gasteiger partial charge in [0.2, 0.25) is 11.7 Å². The van der Waals surface area contributed by atoms with E-state index >= 15 is 0 Å². The molecule has 1 aliphatic heterocycles. The largest absolute Gasteiger partial charge is 0.367 e. The fourth-order valence-corrected chi connectivity index (χ4v) is 4.73. The van der Waals surface area contributed by atoms with Crippen LogP contribution in [0.3, 0.4) is 0 Å². The molecule has 1 aliphatic carbocycles. The van der Waals surface area contributed by atoms with Crippen LogP contribution in [0.5, 0.6) is 0 Å². The highest BCUT2D eigenvalue weighted by Crippen LogP contribution is 2.41. The summed E-state index contributed by atoms with van der Waals surface area (Å²) in [5.74, 6) is 4.02. The molecule has 3 rings (SSSR count). The Bertz CT molecular complexity index is 445. The van der Waals surface area contributed by atoms with Crippen LogP contribution in [0.2, 0.25) is 0 Å². The van der Waals surface area contributed by atoms with E-state index in [0.29, 0.717) is 18.6 Å². The standard InChI is InChI=1S/C14H23N3O2S/c1-3-18-14(6-4-5-7-14)13-16-12(19-17-13)10-8-20-9-11(10)15-2/h10-11,15H,3-9H2,1-2H3. The van der Waals surface area contributed by atoms with Crippen LogP contribution in [0.1, 0.15) is 50.2 Å². The van der Waals surface area contributed by atoms with Crippen LogP contribution in [-0.4, -0.2) is 41.3 Å². The molecule has 0 bridgehead atoms. The number of likely N-dealkylation sites (N-methyl/N-ethyl adjacent to an activating group) is 1. The molecule has 0 radical (unpaired) electrons. The van der Waals surface area contributed by atoms with E-state index in [-0.39, 0.29) is 5.60 Å². The number of nitrogens with zero attached hydrogens (tertiary/aromatic N) is 2. The molecule has 1 aromatic heterocycles. The third-order valence-corrected chi connectivity index (χ3v) is 5.64. The van der Waals surface area contributed by atoms with Crippen molar-refractivity contribution in [3.05, 3.63) is 11.7 Å². The molecule has 1 saturated carbocycles. The maximum atomic E-state index is 6.00. The van der Waals surface area contributed by atoms with Crippen LogP contribution in [0.25, 0.3) is 0 Å². The molecule has 1 N–H and O–H groups in total. The predicted molar refractivity (Wildman–Crippen MR) is 79.0 cm³/mol. The topological polar surface area (TPSA) is 60.2 Å². The maximum Gasteiger partial charge on any atom is 0.232 e. The van der Waals surface area contributed by atoms with Gasteiger partial charge in [0.25, 0.3) is 0 Å². The quantitative estimate of drug-likeness (QED) is 0.900. The third-order valence-electron chi connectivity index (χ3n) is 4.45. The van der Waals surface area contributed by atoms with Gasteiger partial charge in [-0.15, -0.1) is 0 Å². The third kappa shape index (κ3) is 2.49. The second-order valence-electron chi connectivity index (χ2n) is 5.63. The fourth-order valence-electron chi connectivity index (χ4n) is 3.31. The summed E-state index contributed by atoms with van der Waals surface area (Å²) in [5, 5.41) is 7.60. The van der Waals surface area contributed by atoms with Gasteiger partial charge in [-0.2, -0.15) is 16.7 Å². The van der Waals surface area contributed by atoms with Gasteiger partial charge in [-0.25, -0.2) is 0 Å². The Morgan fingerprint density at radius 3 is 2.90 bits per heavy atom. The molecule has 2 unspecified atom stereocenters. The van der Waals surface area contributed by atoms with E-state index in [1.54, 1.807) is 0 Å². The Morgan fingerprint density at radius 1 is 1.40 bits per heavy atom. The summed E-state index contributed by atoms with van der Waals surface area (Å²) in [4.78, 5) is 4.71. The van der Waals surface area contributed by atoms with Crippen LogP contribution in [-0.2, 0) is 10.3 Å². The first-order valence-corrected chi connectivity index (χ1v) is 8.67. The van der Waals surface area contributed by atoms with Gasteiger partial charge in [0.15, 0.2) is 0 Å². The first-order valence-electron chi connectivity index (χ1n) is 7.52. The van der Waals surface area contributed by atoms with Gasteiger partial charge in [-0.05, 0) is 39.7 Å². The summed E-state index contributed by atoms with van der Waals surface area (Å²) in [6.45, 7) is 2.73. The van der Waals surface area contributed by atoms with E-state index in [4.69, 9.17) is 14.2 Å². The van der Waals surface area contributed by atoms with Crippen molar-refractivity contribution in [2.75, 3.05) is 25.2 Å². The van der Waals surface area contributed by atoms with Gasteiger partial charge in [0.05, 0.1) is 5.92 Å². The number of ether oxygens (including phenoxy) is 1. The summed E-state index contributed by atoms with van der Waals surface area (Å²) in [6, 6.07) is 0.430. The van der Waals surface area contributed by atoms with E-state index in [0.717, 1.165) is 36.1 Å². The molecule has 2 aliphatic rings. The Hall–Kier alpha value is -0.590. The van der Waals surface area contributed by atoms with E-state index in [9.17, 15) is 0 Å². The van der Waals surface area contributed by atoms with Gasteiger partial charge in [0, 0.05) is 24.2 Å². The molecule has 0 aromatic carbocycles. The Labute approximate surface area is 124 Å².